The van der Waals surface area contributed by atoms with Crippen molar-refractivity contribution in [3.05, 3.63) is 11.6 Å². The summed E-state index contributed by atoms with van der Waals surface area (Å²) in [4.78, 5) is 11.7. The van der Waals surface area contributed by atoms with Crippen molar-refractivity contribution in [2.75, 3.05) is 6.54 Å². The van der Waals surface area contributed by atoms with Gasteiger partial charge in [0.15, 0.2) is 0 Å². The monoisotopic (exact) mass is 253 g/mol. The fraction of sp³-hybridized carbons (Fsp3) is 0.750. The maximum absolute atomic E-state index is 11.7. The third kappa shape index (κ3) is 4.10. The van der Waals surface area contributed by atoms with Crippen molar-refractivity contribution in [2.45, 2.75) is 40.3 Å². The van der Waals surface area contributed by atoms with Crippen LogP contribution in [0.4, 0.5) is 0 Å². The van der Waals surface area contributed by atoms with Gasteiger partial charge in [0.1, 0.15) is 11.6 Å². The zero-order chi connectivity index (χ0) is 13.7. The average molecular weight is 253 g/mol. The van der Waals surface area contributed by atoms with E-state index in [9.17, 15) is 4.79 Å². The van der Waals surface area contributed by atoms with Gasteiger partial charge in [0.25, 0.3) is 0 Å². The van der Waals surface area contributed by atoms with E-state index in [0.717, 1.165) is 11.6 Å². The molecule has 0 fully saturated rings. The van der Waals surface area contributed by atoms with Gasteiger partial charge in [-0.15, -0.1) is 10.2 Å². The third-order valence-electron chi connectivity index (χ3n) is 2.83. The Labute approximate surface area is 108 Å². The highest BCUT2D eigenvalue weighted by Crippen LogP contribution is 1.97. The normalized spacial score (nSPS) is 12.8. The summed E-state index contributed by atoms with van der Waals surface area (Å²) < 4.78 is 1.91. The first-order valence-corrected chi connectivity index (χ1v) is 6.27. The Kier molecular flexibility index (Phi) is 5.27. The van der Waals surface area contributed by atoms with E-state index in [1.165, 1.54) is 0 Å². The first-order chi connectivity index (χ1) is 8.41. The minimum atomic E-state index is -0.235. The predicted molar refractivity (Wildman–Crippen MR) is 69.9 cm³/mol. The molecule has 6 heteroatoms. The summed E-state index contributed by atoms with van der Waals surface area (Å²) in [6.07, 6.45) is 0. The Morgan fingerprint density at radius 1 is 1.33 bits per heavy atom. The van der Waals surface area contributed by atoms with Gasteiger partial charge in [-0.25, -0.2) is 0 Å². The van der Waals surface area contributed by atoms with Gasteiger partial charge in [0, 0.05) is 13.6 Å². The van der Waals surface area contributed by atoms with Crippen LogP contribution in [0.2, 0.25) is 0 Å². The molecule has 1 atom stereocenters. The fourth-order valence-corrected chi connectivity index (χ4v) is 1.40. The van der Waals surface area contributed by atoms with Gasteiger partial charge >= 0.3 is 0 Å². The lowest BCUT2D eigenvalue weighted by Gasteiger charge is -2.14. The van der Waals surface area contributed by atoms with E-state index in [2.05, 4.69) is 34.7 Å². The van der Waals surface area contributed by atoms with E-state index in [4.69, 9.17) is 0 Å². The number of amides is 1. The van der Waals surface area contributed by atoms with Gasteiger partial charge in [0.2, 0.25) is 5.91 Å². The highest BCUT2D eigenvalue weighted by atomic mass is 16.2. The first-order valence-electron chi connectivity index (χ1n) is 6.27. The fourth-order valence-electron chi connectivity index (χ4n) is 1.40. The van der Waals surface area contributed by atoms with E-state index in [1.807, 2.05) is 25.5 Å². The van der Waals surface area contributed by atoms with Crippen molar-refractivity contribution >= 4 is 5.91 Å². The summed E-state index contributed by atoms with van der Waals surface area (Å²) in [5, 5.41) is 14.0. The maximum Gasteiger partial charge on any atom is 0.236 e. The number of carbonyl (C=O) groups excluding carboxylic acids is 1. The summed E-state index contributed by atoms with van der Waals surface area (Å²) in [5.41, 5.74) is 0. The second-order valence-corrected chi connectivity index (χ2v) is 4.96. The Balaban J connectivity index is 2.39. The molecule has 0 aliphatic heterocycles. The molecule has 0 aliphatic rings. The first kappa shape index (κ1) is 14.6. The van der Waals surface area contributed by atoms with Crippen molar-refractivity contribution in [2.24, 2.45) is 13.0 Å². The molecule has 0 aromatic carbocycles. The van der Waals surface area contributed by atoms with Gasteiger partial charge in [-0.2, -0.15) is 0 Å². The average Bonchev–Trinajstić information content (AvgIpc) is 2.64. The lowest BCUT2D eigenvalue weighted by Crippen LogP contribution is -2.43. The van der Waals surface area contributed by atoms with Crippen LogP contribution >= 0.6 is 0 Å². The van der Waals surface area contributed by atoms with Crippen molar-refractivity contribution < 1.29 is 4.79 Å². The van der Waals surface area contributed by atoms with Crippen LogP contribution in [0, 0.1) is 12.8 Å². The molecule has 0 bridgehead atoms. The smallest absolute Gasteiger partial charge is 0.236 e. The Hall–Kier alpha value is -1.43. The number of nitrogens with zero attached hydrogens (tertiary/aromatic N) is 3. The lowest BCUT2D eigenvalue weighted by atomic mass is 10.2. The Morgan fingerprint density at radius 2 is 2.00 bits per heavy atom. The molecule has 1 amide bonds. The van der Waals surface area contributed by atoms with Crippen LogP contribution in [0.25, 0.3) is 0 Å². The highest BCUT2D eigenvalue weighted by molar-refractivity contribution is 5.81. The molecule has 1 heterocycles. The van der Waals surface area contributed by atoms with E-state index in [1.54, 1.807) is 0 Å². The standard InChI is InChI=1S/C12H23N5O/c1-8(2)6-14-12(18)9(3)13-7-11-16-15-10(4)17(11)5/h8-9,13H,6-7H2,1-5H3,(H,14,18). The highest BCUT2D eigenvalue weighted by Gasteiger charge is 2.13. The number of carbonyl (C=O) groups is 1. The summed E-state index contributed by atoms with van der Waals surface area (Å²) >= 11 is 0. The summed E-state index contributed by atoms with van der Waals surface area (Å²) in [6.45, 7) is 9.12. The number of aryl methyl sites for hydroxylation is 1. The second kappa shape index (κ2) is 6.49. The van der Waals surface area contributed by atoms with Crippen molar-refractivity contribution in [3.8, 4) is 0 Å². The summed E-state index contributed by atoms with van der Waals surface area (Å²) in [5.74, 6) is 2.17. The Bertz CT molecular complexity index is 399. The third-order valence-corrected chi connectivity index (χ3v) is 2.83. The lowest BCUT2D eigenvalue weighted by molar-refractivity contribution is -0.122. The zero-order valence-corrected chi connectivity index (χ0v) is 11.8. The summed E-state index contributed by atoms with van der Waals surface area (Å²) in [7, 11) is 1.91. The Morgan fingerprint density at radius 3 is 2.50 bits per heavy atom. The number of aromatic nitrogens is 3. The van der Waals surface area contributed by atoms with E-state index in [-0.39, 0.29) is 11.9 Å². The van der Waals surface area contributed by atoms with E-state index >= 15 is 0 Å². The molecule has 0 saturated carbocycles. The van der Waals surface area contributed by atoms with Crippen molar-refractivity contribution in [3.63, 3.8) is 0 Å². The SMILES string of the molecule is Cc1nnc(CNC(C)C(=O)NCC(C)C)n1C. The molecule has 0 radical (unpaired) electrons. The zero-order valence-electron chi connectivity index (χ0n) is 11.8. The maximum atomic E-state index is 11.7. The molecule has 2 N–H and O–H groups in total. The van der Waals surface area contributed by atoms with Gasteiger partial charge in [0.05, 0.1) is 12.6 Å². The van der Waals surface area contributed by atoms with Gasteiger partial charge < -0.3 is 9.88 Å². The molecule has 0 aliphatic carbocycles. The van der Waals surface area contributed by atoms with Gasteiger partial charge in [-0.05, 0) is 19.8 Å². The molecule has 18 heavy (non-hydrogen) atoms. The quantitative estimate of drug-likeness (QED) is 0.768. The van der Waals surface area contributed by atoms with Crippen LogP contribution in [-0.4, -0.2) is 33.3 Å². The number of nitrogens with one attached hydrogen (secondary N) is 2. The van der Waals surface area contributed by atoms with Crippen LogP contribution < -0.4 is 10.6 Å². The predicted octanol–water partition coefficient (Wildman–Crippen LogP) is 0.374. The molecule has 1 rings (SSSR count). The molecule has 1 aromatic heterocycles. The van der Waals surface area contributed by atoms with Crippen molar-refractivity contribution in [1.82, 2.24) is 25.4 Å². The van der Waals surface area contributed by atoms with Crippen LogP contribution in [0.1, 0.15) is 32.4 Å². The molecule has 0 spiro atoms. The van der Waals surface area contributed by atoms with Gasteiger partial charge in [-0.1, -0.05) is 13.8 Å². The minimum absolute atomic E-state index is 0.0163. The molecule has 102 valence electrons. The van der Waals surface area contributed by atoms with Crippen LogP contribution in [0.3, 0.4) is 0 Å². The molecular formula is C12H23N5O. The number of hydrogen-bond donors (Lipinski definition) is 2. The van der Waals surface area contributed by atoms with E-state index in [0.29, 0.717) is 19.0 Å². The van der Waals surface area contributed by atoms with Crippen LogP contribution in [0.15, 0.2) is 0 Å². The topological polar surface area (TPSA) is 71.8 Å². The molecule has 1 unspecified atom stereocenters. The minimum Gasteiger partial charge on any atom is -0.354 e. The number of rotatable bonds is 6. The van der Waals surface area contributed by atoms with Gasteiger partial charge in [-0.3, -0.25) is 10.1 Å². The van der Waals surface area contributed by atoms with Crippen LogP contribution in [-0.2, 0) is 18.4 Å². The largest absolute Gasteiger partial charge is 0.354 e. The second-order valence-electron chi connectivity index (χ2n) is 4.96. The molecule has 6 nitrogen and oxygen atoms in total. The molecule has 1 aromatic rings. The van der Waals surface area contributed by atoms with Crippen molar-refractivity contribution in [1.29, 1.82) is 0 Å². The molecular weight excluding hydrogens is 230 g/mol. The van der Waals surface area contributed by atoms with E-state index < -0.39 is 0 Å². The summed E-state index contributed by atoms with van der Waals surface area (Å²) in [6, 6.07) is -0.235. The van der Waals surface area contributed by atoms with Crippen LogP contribution in [0.5, 0.6) is 0 Å². The molecule has 0 saturated heterocycles. The number of hydrogen-bond acceptors (Lipinski definition) is 4.